The first kappa shape index (κ1) is 20.9. The summed E-state index contributed by atoms with van der Waals surface area (Å²) < 4.78 is 0. The fraction of sp³-hybridized carbons (Fsp3) is 0.524. The molecule has 0 bridgehead atoms. The summed E-state index contributed by atoms with van der Waals surface area (Å²) >= 11 is 1.40. The topological polar surface area (TPSA) is 81.7 Å². The van der Waals surface area contributed by atoms with Gasteiger partial charge in [-0.15, -0.1) is 11.3 Å². The van der Waals surface area contributed by atoms with Crippen molar-refractivity contribution in [2.75, 3.05) is 46.3 Å². The maximum atomic E-state index is 13.2. The van der Waals surface area contributed by atoms with Crippen LogP contribution < -0.4 is 5.43 Å². The molecule has 2 aliphatic heterocycles. The third-order valence-electron chi connectivity index (χ3n) is 5.75. The number of nitrogens with one attached hydrogen (secondary N) is 1. The second-order valence-electron chi connectivity index (χ2n) is 8.03. The van der Waals surface area contributed by atoms with Crippen molar-refractivity contribution in [2.24, 2.45) is 5.92 Å². The largest absolute Gasteiger partial charge is 0.337 e. The average Bonchev–Trinajstić information content (AvgIpc) is 3.17. The number of pyridine rings is 1. The molecule has 2 aromatic heterocycles. The van der Waals surface area contributed by atoms with Gasteiger partial charge in [-0.1, -0.05) is 0 Å². The number of hydrazine groups is 1. The van der Waals surface area contributed by atoms with Crippen LogP contribution in [0.15, 0.2) is 24.5 Å². The van der Waals surface area contributed by atoms with Crippen LogP contribution in [0.1, 0.15) is 28.2 Å². The van der Waals surface area contributed by atoms with Gasteiger partial charge in [0.1, 0.15) is 9.88 Å². The van der Waals surface area contributed by atoms with Gasteiger partial charge in [-0.05, 0) is 38.9 Å². The van der Waals surface area contributed by atoms with Crippen LogP contribution in [-0.2, 0) is 4.79 Å². The second-order valence-corrected chi connectivity index (χ2v) is 9.03. The van der Waals surface area contributed by atoms with Crippen LogP contribution in [0.2, 0.25) is 0 Å². The van der Waals surface area contributed by atoms with E-state index in [0.29, 0.717) is 18.0 Å². The quantitative estimate of drug-likeness (QED) is 0.797. The standard InChI is InChI=1S/C21H28N6O2S/c1-15-18(30-20(23-15)16-5-3-7-22-13-16)21(29)26-8-4-6-17(14-26)19(28)24-27-11-9-25(2)10-12-27/h3,5,7,13,17H,4,6,8-12,14H2,1-2H3,(H,24,28). The summed E-state index contributed by atoms with van der Waals surface area (Å²) in [6.45, 7) is 6.54. The lowest BCUT2D eigenvalue weighted by Gasteiger charge is -2.36. The lowest BCUT2D eigenvalue weighted by molar-refractivity contribution is -0.132. The number of hydrogen-bond acceptors (Lipinski definition) is 7. The molecule has 1 unspecified atom stereocenters. The van der Waals surface area contributed by atoms with Crippen molar-refractivity contribution < 1.29 is 9.59 Å². The van der Waals surface area contributed by atoms with Gasteiger partial charge < -0.3 is 9.80 Å². The van der Waals surface area contributed by atoms with E-state index in [1.165, 1.54) is 11.3 Å². The SMILES string of the molecule is Cc1nc(-c2cccnc2)sc1C(=O)N1CCCC(C(=O)NN2CCN(C)CC2)C1. The Kier molecular flexibility index (Phi) is 6.40. The summed E-state index contributed by atoms with van der Waals surface area (Å²) in [5.74, 6) is -0.181. The number of rotatable bonds is 4. The van der Waals surface area contributed by atoms with Gasteiger partial charge in [0.25, 0.3) is 5.91 Å². The zero-order valence-corrected chi connectivity index (χ0v) is 18.3. The first-order valence-electron chi connectivity index (χ1n) is 10.4. The summed E-state index contributed by atoms with van der Waals surface area (Å²) in [4.78, 5) is 39.4. The number of hydrogen-bond donors (Lipinski definition) is 1. The van der Waals surface area contributed by atoms with E-state index in [-0.39, 0.29) is 17.7 Å². The molecule has 0 spiro atoms. The molecule has 1 N–H and O–H groups in total. The smallest absolute Gasteiger partial charge is 0.265 e. The van der Waals surface area contributed by atoms with Gasteiger partial charge in [0.15, 0.2) is 0 Å². The molecule has 2 aliphatic rings. The summed E-state index contributed by atoms with van der Waals surface area (Å²) in [6.07, 6.45) is 5.12. The molecule has 2 aromatic rings. The van der Waals surface area contributed by atoms with Crippen molar-refractivity contribution in [1.82, 2.24) is 30.2 Å². The third-order valence-corrected chi connectivity index (χ3v) is 6.94. The Morgan fingerprint density at radius 3 is 2.73 bits per heavy atom. The maximum Gasteiger partial charge on any atom is 0.265 e. The molecular weight excluding hydrogens is 400 g/mol. The number of nitrogens with zero attached hydrogens (tertiary/aromatic N) is 5. The van der Waals surface area contributed by atoms with Crippen molar-refractivity contribution in [1.29, 1.82) is 0 Å². The van der Waals surface area contributed by atoms with E-state index in [9.17, 15) is 9.59 Å². The number of likely N-dealkylation sites (N-methyl/N-ethyl adjacent to an activating group) is 1. The van der Waals surface area contributed by atoms with Crippen LogP contribution in [0.3, 0.4) is 0 Å². The Hall–Kier alpha value is -2.36. The highest BCUT2D eigenvalue weighted by Gasteiger charge is 2.31. The molecule has 9 heteroatoms. The number of thiazole rings is 1. The summed E-state index contributed by atoms with van der Waals surface area (Å²) in [7, 11) is 2.09. The monoisotopic (exact) mass is 428 g/mol. The number of carbonyl (C=O) groups excluding carboxylic acids is 2. The van der Waals surface area contributed by atoms with Crippen LogP contribution in [0.4, 0.5) is 0 Å². The molecule has 30 heavy (non-hydrogen) atoms. The lowest BCUT2D eigenvalue weighted by atomic mass is 9.97. The molecule has 0 radical (unpaired) electrons. The van der Waals surface area contributed by atoms with Gasteiger partial charge in [0.2, 0.25) is 5.91 Å². The molecule has 4 heterocycles. The Morgan fingerprint density at radius 1 is 1.20 bits per heavy atom. The number of aryl methyl sites for hydroxylation is 1. The number of amides is 2. The van der Waals surface area contributed by atoms with Crippen molar-refractivity contribution in [2.45, 2.75) is 19.8 Å². The molecule has 160 valence electrons. The van der Waals surface area contributed by atoms with E-state index in [1.54, 1.807) is 12.4 Å². The highest BCUT2D eigenvalue weighted by molar-refractivity contribution is 7.17. The Morgan fingerprint density at radius 2 is 2.00 bits per heavy atom. The van der Waals surface area contributed by atoms with Crippen molar-refractivity contribution >= 4 is 23.2 Å². The van der Waals surface area contributed by atoms with Gasteiger partial charge >= 0.3 is 0 Å². The van der Waals surface area contributed by atoms with Gasteiger partial charge in [-0.3, -0.25) is 20.0 Å². The van der Waals surface area contributed by atoms with E-state index in [2.05, 4.69) is 27.3 Å². The molecule has 1 atom stereocenters. The molecule has 0 saturated carbocycles. The predicted molar refractivity (Wildman–Crippen MR) is 116 cm³/mol. The van der Waals surface area contributed by atoms with Gasteiger partial charge in [0, 0.05) is 57.2 Å². The first-order chi connectivity index (χ1) is 14.5. The molecule has 8 nitrogen and oxygen atoms in total. The van der Waals surface area contributed by atoms with Crippen LogP contribution in [0.25, 0.3) is 10.6 Å². The van der Waals surface area contributed by atoms with Crippen molar-refractivity contribution in [3.8, 4) is 10.6 Å². The van der Waals surface area contributed by atoms with Crippen LogP contribution in [0, 0.1) is 12.8 Å². The van der Waals surface area contributed by atoms with Gasteiger partial charge in [-0.25, -0.2) is 9.99 Å². The minimum Gasteiger partial charge on any atom is -0.337 e. The van der Waals surface area contributed by atoms with E-state index in [1.807, 2.05) is 29.0 Å². The number of aromatic nitrogens is 2. The Bertz CT molecular complexity index is 894. The third kappa shape index (κ3) is 4.69. The van der Waals surface area contributed by atoms with E-state index in [4.69, 9.17) is 0 Å². The molecule has 2 saturated heterocycles. The van der Waals surface area contributed by atoms with E-state index in [0.717, 1.165) is 55.3 Å². The molecule has 4 rings (SSSR count). The molecule has 0 aliphatic carbocycles. The highest BCUT2D eigenvalue weighted by atomic mass is 32.1. The zero-order valence-electron chi connectivity index (χ0n) is 17.5. The molecule has 2 fully saturated rings. The molecule has 0 aromatic carbocycles. The van der Waals surface area contributed by atoms with Crippen LogP contribution in [0.5, 0.6) is 0 Å². The normalized spacial score (nSPS) is 20.9. The van der Waals surface area contributed by atoms with E-state index < -0.39 is 0 Å². The van der Waals surface area contributed by atoms with Crippen molar-refractivity contribution in [3.05, 3.63) is 35.1 Å². The first-order valence-corrected chi connectivity index (χ1v) is 11.2. The second kappa shape index (κ2) is 9.20. The van der Waals surface area contributed by atoms with Gasteiger partial charge in [0.05, 0.1) is 11.6 Å². The lowest BCUT2D eigenvalue weighted by Crippen LogP contribution is -2.55. The fourth-order valence-corrected chi connectivity index (χ4v) is 4.92. The fourth-order valence-electron chi connectivity index (χ4n) is 3.89. The Labute approximate surface area is 180 Å². The van der Waals surface area contributed by atoms with Crippen LogP contribution in [-0.4, -0.2) is 82.9 Å². The predicted octanol–water partition coefficient (Wildman–Crippen LogP) is 1.64. The maximum absolute atomic E-state index is 13.2. The van der Waals surface area contributed by atoms with Crippen molar-refractivity contribution in [3.63, 3.8) is 0 Å². The van der Waals surface area contributed by atoms with Crippen LogP contribution >= 0.6 is 11.3 Å². The number of piperazine rings is 1. The van der Waals surface area contributed by atoms with Gasteiger partial charge in [-0.2, -0.15) is 0 Å². The number of carbonyl (C=O) groups is 2. The zero-order chi connectivity index (χ0) is 21.1. The summed E-state index contributed by atoms with van der Waals surface area (Å²) in [5, 5.41) is 2.79. The Balaban J connectivity index is 1.40. The summed E-state index contributed by atoms with van der Waals surface area (Å²) in [5.41, 5.74) is 4.70. The average molecular weight is 429 g/mol. The minimum atomic E-state index is -0.173. The molecule has 2 amide bonds. The summed E-state index contributed by atoms with van der Waals surface area (Å²) in [6, 6.07) is 3.81. The number of likely N-dealkylation sites (tertiary alicyclic amines) is 1. The minimum absolute atomic E-state index is 0.0223. The number of piperidine rings is 1. The van der Waals surface area contributed by atoms with E-state index >= 15 is 0 Å². The highest BCUT2D eigenvalue weighted by Crippen LogP contribution is 2.29. The molecular formula is C21H28N6O2S.